The third kappa shape index (κ3) is 2.64. The van der Waals surface area contributed by atoms with Crippen molar-refractivity contribution < 1.29 is 18.3 Å². The van der Waals surface area contributed by atoms with Crippen molar-refractivity contribution in [2.24, 2.45) is 5.92 Å². The largest absolute Gasteiger partial charge is 0.476 e. The van der Waals surface area contributed by atoms with Gasteiger partial charge in [0.05, 0.1) is 5.69 Å². The van der Waals surface area contributed by atoms with Gasteiger partial charge in [-0.2, -0.15) is 5.10 Å². The number of nitrogens with one attached hydrogen (secondary N) is 2. The number of carboxylic acid groups (broad SMARTS) is 1. The number of aromatic amines is 1. The van der Waals surface area contributed by atoms with Gasteiger partial charge in [0.2, 0.25) is 10.0 Å². The number of rotatable bonds is 5. The van der Waals surface area contributed by atoms with Crippen LogP contribution in [-0.4, -0.2) is 35.2 Å². The van der Waals surface area contributed by atoms with E-state index in [1.54, 1.807) is 13.8 Å². The van der Waals surface area contributed by atoms with Crippen molar-refractivity contribution in [3.63, 3.8) is 0 Å². The molecule has 19 heavy (non-hydrogen) atoms. The van der Waals surface area contributed by atoms with Crippen LogP contribution in [0.25, 0.3) is 0 Å². The van der Waals surface area contributed by atoms with Gasteiger partial charge in [-0.3, -0.25) is 5.10 Å². The van der Waals surface area contributed by atoms with E-state index in [2.05, 4.69) is 14.9 Å². The van der Waals surface area contributed by atoms with Crippen molar-refractivity contribution in [3.8, 4) is 0 Å². The van der Waals surface area contributed by atoms with E-state index in [1.165, 1.54) is 6.92 Å². The highest BCUT2D eigenvalue weighted by Gasteiger charge is 2.42. The van der Waals surface area contributed by atoms with E-state index in [9.17, 15) is 13.2 Å². The van der Waals surface area contributed by atoms with E-state index >= 15 is 0 Å². The fourth-order valence-electron chi connectivity index (χ4n) is 2.18. The first-order valence-corrected chi connectivity index (χ1v) is 7.45. The zero-order valence-electron chi connectivity index (χ0n) is 11.0. The van der Waals surface area contributed by atoms with E-state index in [0.29, 0.717) is 5.92 Å². The molecule has 1 aliphatic rings. The van der Waals surface area contributed by atoms with Crippen LogP contribution in [-0.2, 0) is 10.0 Å². The number of carbonyl (C=O) groups is 1. The Hall–Kier alpha value is -1.41. The maximum atomic E-state index is 12.4. The molecule has 1 saturated carbocycles. The Balaban J connectivity index is 2.39. The molecule has 0 bridgehead atoms. The molecule has 2 rings (SSSR count). The average molecular weight is 287 g/mol. The number of carboxylic acids is 1. The second-order valence-corrected chi connectivity index (χ2v) is 7.05. The lowest BCUT2D eigenvalue weighted by Crippen LogP contribution is -2.45. The molecule has 0 radical (unpaired) electrons. The van der Waals surface area contributed by atoms with Gasteiger partial charge in [0.15, 0.2) is 5.69 Å². The molecule has 7 nitrogen and oxygen atoms in total. The van der Waals surface area contributed by atoms with Gasteiger partial charge in [0.25, 0.3) is 0 Å². The van der Waals surface area contributed by atoms with Crippen LogP contribution >= 0.6 is 0 Å². The van der Waals surface area contributed by atoms with Crippen LogP contribution in [0.3, 0.4) is 0 Å². The zero-order chi connectivity index (χ0) is 14.4. The van der Waals surface area contributed by atoms with Crippen molar-refractivity contribution in [3.05, 3.63) is 11.4 Å². The number of nitrogens with zero attached hydrogens (tertiary/aromatic N) is 1. The predicted octanol–water partition coefficient (Wildman–Crippen LogP) is 0.883. The van der Waals surface area contributed by atoms with Gasteiger partial charge < -0.3 is 5.11 Å². The van der Waals surface area contributed by atoms with Crippen LogP contribution < -0.4 is 4.72 Å². The summed E-state index contributed by atoms with van der Waals surface area (Å²) in [6.45, 7) is 5.09. The first-order valence-electron chi connectivity index (χ1n) is 5.97. The van der Waals surface area contributed by atoms with Gasteiger partial charge >= 0.3 is 5.97 Å². The lowest BCUT2D eigenvalue weighted by molar-refractivity contribution is 0.0686. The third-order valence-corrected chi connectivity index (χ3v) is 5.19. The molecule has 0 saturated heterocycles. The monoisotopic (exact) mass is 287 g/mol. The molecule has 0 amide bonds. The smallest absolute Gasteiger partial charge is 0.357 e. The molecule has 1 fully saturated rings. The van der Waals surface area contributed by atoms with Crippen LogP contribution in [0.2, 0.25) is 0 Å². The van der Waals surface area contributed by atoms with E-state index < -0.39 is 27.2 Å². The normalized spacial score (nSPS) is 16.6. The Kier molecular flexibility index (Phi) is 3.18. The number of hydrogen-bond acceptors (Lipinski definition) is 4. The molecular formula is C11H17N3O4S. The van der Waals surface area contributed by atoms with E-state index in [-0.39, 0.29) is 10.6 Å². The maximum Gasteiger partial charge on any atom is 0.357 e. The Morgan fingerprint density at radius 3 is 2.53 bits per heavy atom. The number of sulfonamides is 1. The lowest BCUT2D eigenvalue weighted by Gasteiger charge is -2.25. The molecule has 1 heterocycles. The highest BCUT2D eigenvalue weighted by atomic mass is 32.2. The molecule has 0 spiro atoms. The minimum atomic E-state index is -3.91. The minimum Gasteiger partial charge on any atom is -0.476 e. The Bertz CT molecular complexity index is 614. The maximum absolute atomic E-state index is 12.4. The van der Waals surface area contributed by atoms with Crippen molar-refractivity contribution in [1.29, 1.82) is 0 Å². The highest BCUT2D eigenvalue weighted by Crippen LogP contribution is 2.40. The third-order valence-electron chi connectivity index (χ3n) is 3.36. The van der Waals surface area contributed by atoms with Crippen molar-refractivity contribution in [1.82, 2.24) is 14.9 Å². The molecule has 0 atom stereocenters. The van der Waals surface area contributed by atoms with Crippen molar-refractivity contribution >= 4 is 16.0 Å². The van der Waals surface area contributed by atoms with Crippen LogP contribution in [0.15, 0.2) is 4.90 Å². The van der Waals surface area contributed by atoms with Gasteiger partial charge in [-0.15, -0.1) is 0 Å². The summed E-state index contributed by atoms with van der Waals surface area (Å²) < 4.78 is 27.3. The van der Waals surface area contributed by atoms with E-state index in [1.807, 2.05) is 0 Å². The fourth-order valence-corrected chi connectivity index (χ4v) is 3.98. The van der Waals surface area contributed by atoms with Gasteiger partial charge in [-0.25, -0.2) is 17.9 Å². The van der Waals surface area contributed by atoms with Gasteiger partial charge in [-0.05, 0) is 39.5 Å². The van der Waals surface area contributed by atoms with Gasteiger partial charge in [0, 0.05) is 5.54 Å². The summed E-state index contributed by atoms with van der Waals surface area (Å²) in [5, 5.41) is 14.9. The molecule has 0 aromatic carbocycles. The second-order valence-electron chi connectivity index (χ2n) is 5.43. The minimum absolute atomic E-state index is 0.219. The van der Waals surface area contributed by atoms with Crippen LogP contribution in [0.1, 0.15) is 42.9 Å². The van der Waals surface area contributed by atoms with Crippen molar-refractivity contribution in [2.75, 3.05) is 0 Å². The first kappa shape index (κ1) is 14.0. The Morgan fingerprint density at radius 1 is 1.47 bits per heavy atom. The number of hydrogen-bond donors (Lipinski definition) is 3. The fraction of sp³-hybridized carbons (Fsp3) is 0.636. The zero-order valence-corrected chi connectivity index (χ0v) is 11.8. The quantitative estimate of drug-likeness (QED) is 0.744. The van der Waals surface area contributed by atoms with Gasteiger partial charge in [0.1, 0.15) is 4.90 Å². The predicted molar refractivity (Wildman–Crippen MR) is 67.4 cm³/mol. The van der Waals surface area contributed by atoms with E-state index in [4.69, 9.17) is 5.11 Å². The molecule has 0 aliphatic heterocycles. The van der Waals surface area contributed by atoms with Gasteiger partial charge in [-0.1, -0.05) is 0 Å². The second kappa shape index (κ2) is 4.31. The summed E-state index contributed by atoms with van der Waals surface area (Å²) in [4.78, 5) is 10.7. The summed E-state index contributed by atoms with van der Waals surface area (Å²) in [7, 11) is -3.91. The number of H-pyrrole nitrogens is 1. The molecule has 1 aliphatic carbocycles. The number of aromatic nitrogens is 2. The molecule has 1 aromatic heterocycles. The van der Waals surface area contributed by atoms with Crippen LogP contribution in [0.4, 0.5) is 0 Å². The standard InChI is InChI=1S/C11H17N3O4S/c1-6-9(8(10(15)16)13-12-6)19(17,18)14-11(2,3)7-4-5-7/h7,14H,4-5H2,1-3H3,(H,12,13)(H,15,16). The van der Waals surface area contributed by atoms with Crippen molar-refractivity contribution in [2.45, 2.75) is 44.0 Å². The molecule has 106 valence electrons. The first-order chi connectivity index (χ1) is 8.65. The Labute approximate surface area is 111 Å². The summed E-state index contributed by atoms with van der Waals surface area (Å²) in [5.41, 5.74) is -0.841. The topological polar surface area (TPSA) is 112 Å². The van der Waals surface area contributed by atoms with E-state index in [0.717, 1.165) is 12.8 Å². The number of aromatic carboxylic acids is 1. The molecule has 8 heteroatoms. The SMILES string of the molecule is Cc1[nH]nc(C(=O)O)c1S(=O)(=O)NC(C)(C)C1CC1. The Morgan fingerprint density at radius 2 is 2.05 bits per heavy atom. The molecule has 3 N–H and O–H groups in total. The van der Waals surface area contributed by atoms with Crippen LogP contribution in [0, 0.1) is 12.8 Å². The number of aryl methyl sites for hydroxylation is 1. The lowest BCUT2D eigenvalue weighted by atomic mass is 10.0. The summed E-state index contributed by atoms with van der Waals surface area (Å²) in [5.74, 6) is -1.07. The summed E-state index contributed by atoms with van der Waals surface area (Å²) in [6.07, 6.45) is 1.96. The molecule has 1 aromatic rings. The molecular weight excluding hydrogens is 270 g/mol. The average Bonchev–Trinajstić information content (AvgIpc) is 3.00. The summed E-state index contributed by atoms with van der Waals surface area (Å²) in [6, 6.07) is 0. The van der Waals surface area contributed by atoms with Crippen LogP contribution in [0.5, 0.6) is 0 Å². The highest BCUT2D eigenvalue weighted by molar-refractivity contribution is 7.89. The molecule has 0 unspecified atom stereocenters. The summed E-state index contributed by atoms with van der Waals surface area (Å²) >= 11 is 0.